The molecule has 21 heavy (non-hydrogen) atoms. The quantitative estimate of drug-likeness (QED) is 0.910. The fourth-order valence-electron chi connectivity index (χ4n) is 2.14. The summed E-state index contributed by atoms with van der Waals surface area (Å²) in [5, 5.41) is 13.4. The minimum Gasteiger partial charge on any atom is -0.504 e. The SMILES string of the molecule is Oc1c(F)cccc1-c1nc(COCC2CCOC2)no1. The Morgan fingerprint density at radius 1 is 1.43 bits per heavy atom. The molecule has 7 heteroatoms. The van der Waals surface area contributed by atoms with Crippen molar-refractivity contribution in [2.45, 2.75) is 13.0 Å². The number of para-hydroxylation sites is 1. The standard InChI is InChI=1S/C14H15FN2O4/c15-11-3-1-2-10(13(11)18)14-16-12(17-21-14)8-20-7-9-4-5-19-6-9/h1-3,9,18H,4-8H2. The number of halogens is 1. The van der Waals surface area contributed by atoms with Gasteiger partial charge in [-0.25, -0.2) is 4.39 Å². The Balaban J connectivity index is 1.61. The molecule has 1 fully saturated rings. The normalized spacial score (nSPS) is 18.2. The molecule has 2 aromatic rings. The summed E-state index contributed by atoms with van der Waals surface area (Å²) < 4.78 is 29.0. The van der Waals surface area contributed by atoms with Gasteiger partial charge in [-0.05, 0) is 18.6 Å². The first-order valence-electron chi connectivity index (χ1n) is 6.70. The minimum absolute atomic E-state index is 0.0646. The van der Waals surface area contributed by atoms with Crippen molar-refractivity contribution >= 4 is 0 Å². The topological polar surface area (TPSA) is 77.6 Å². The largest absolute Gasteiger partial charge is 0.504 e. The van der Waals surface area contributed by atoms with Crippen LogP contribution in [0, 0.1) is 11.7 Å². The molecule has 2 heterocycles. The van der Waals surface area contributed by atoms with Crippen LogP contribution in [0.1, 0.15) is 12.2 Å². The lowest BCUT2D eigenvalue weighted by molar-refractivity contribution is 0.0742. The molecule has 112 valence electrons. The number of phenols is 1. The van der Waals surface area contributed by atoms with Crippen molar-refractivity contribution in [3.63, 3.8) is 0 Å². The monoisotopic (exact) mass is 294 g/mol. The summed E-state index contributed by atoms with van der Waals surface area (Å²) in [6.07, 6.45) is 0.995. The molecule has 6 nitrogen and oxygen atoms in total. The number of phenolic OH excluding ortho intramolecular Hbond substituents is 1. The van der Waals surface area contributed by atoms with Gasteiger partial charge in [-0.15, -0.1) is 0 Å². The van der Waals surface area contributed by atoms with Crippen LogP contribution in [0.4, 0.5) is 4.39 Å². The third-order valence-corrected chi connectivity index (χ3v) is 3.29. The fraction of sp³-hybridized carbons (Fsp3) is 0.429. The summed E-state index contributed by atoms with van der Waals surface area (Å²) in [5.41, 5.74) is 0.165. The first-order chi connectivity index (χ1) is 10.2. The van der Waals surface area contributed by atoms with Gasteiger partial charge in [0.15, 0.2) is 17.4 Å². The van der Waals surface area contributed by atoms with Crippen molar-refractivity contribution in [2.75, 3.05) is 19.8 Å². The van der Waals surface area contributed by atoms with Crippen molar-refractivity contribution in [1.29, 1.82) is 0 Å². The molecule has 0 bridgehead atoms. The van der Waals surface area contributed by atoms with Gasteiger partial charge < -0.3 is 19.1 Å². The number of aromatic nitrogens is 2. The smallest absolute Gasteiger partial charge is 0.261 e. The van der Waals surface area contributed by atoms with E-state index in [0.29, 0.717) is 25.0 Å². The highest BCUT2D eigenvalue weighted by Gasteiger charge is 2.18. The van der Waals surface area contributed by atoms with Gasteiger partial charge in [0.05, 0.1) is 18.8 Å². The molecule has 0 saturated carbocycles. The van der Waals surface area contributed by atoms with E-state index in [1.807, 2.05) is 0 Å². The van der Waals surface area contributed by atoms with E-state index in [4.69, 9.17) is 14.0 Å². The van der Waals surface area contributed by atoms with E-state index in [1.165, 1.54) is 12.1 Å². The third-order valence-electron chi connectivity index (χ3n) is 3.29. The minimum atomic E-state index is -0.732. The molecule has 1 unspecified atom stereocenters. The van der Waals surface area contributed by atoms with Crippen molar-refractivity contribution in [3.05, 3.63) is 29.8 Å². The van der Waals surface area contributed by atoms with E-state index in [-0.39, 0.29) is 18.1 Å². The van der Waals surface area contributed by atoms with E-state index in [0.717, 1.165) is 19.1 Å². The molecule has 1 N–H and O–H groups in total. The van der Waals surface area contributed by atoms with Gasteiger partial charge in [0.1, 0.15) is 6.61 Å². The highest BCUT2D eigenvalue weighted by Crippen LogP contribution is 2.29. The van der Waals surface area contributed by atoms with Crippen molar-refractivity contribution in [3.8, 4) is 17.2 Å². The summed E-state index contributed by atoms with van der Waals surface area (Å²) in [7, 11) is 0. The summed E-state index contributed by atoms with van der Waals surface area (Å²) >= 11 is 0. The van der Waals surface area contributed by atoms with Gasteiger partial charge in [-0.2, -0.15) is 4.98 Å². The molecule has 1 saturated heterocycles. The van der Waals surface area contributed by atoms with Crippen LogP contribution < -0.4 is 0 Å². The summed E-state index contributed by atoms with van der Waals surface area (Å²) in [4.78, 5) is 4.09. The van der Waals surface area contributed by atoms with Crippen LogP contribution >= 0.6 is 0 Å². The number of benzene rings is 1. The van der Waals surface area contributed by atoms with Crippen LogP contribution in [-0.4, -0.2) is 35.1 Å². The van der Waals surface area contributed by atoms with Gasteiger partial charge in [0.25, 0.3) is 5.89 Å². The average molecular weight is 294 g/mol. The van der Waals surface area contributed by atoms with Crippen LogP contribution in [-0.2, 0) is 16.1 Å². The van der Waals surface area contributed by atoms with Crippen molar-refractivity contribution in [2.24, 2.45) is 5.92 Å². The zero-order chi connectivity index (χ0) is 14.7. The Morgan fingerprint density at radius 2 is 2.33 bits per heavy atom. The zero-order valence-corrected chi connectivity index (χ0v) is 11.3. The molecular formula is C14H15FN2O4. The van der Waals surface area contributed by atoms with Crippen LogP contribution in [0.5, 0.6) is 5.75 Å². The van der Waals surface area contributed by atoms with Crippen LogP contribution in [0.3, 0.4) is 0 Å². The highest BCUT2D eigenvalue weighted by atomic mass is 19.1. The number of ether oxygens (including phenoxy) is 2. The molecule has 1 aliphatic rings. The number of nitrogens with zero attached hydrogens (tertiary/aromatic N) is 2. The van der Waals surface area contributed by atoms with E-state index >= 15 is 0 Å². The highest BCUT2D eigenvalue weighted by molar-refractivity contribution is 5.62. The summed E-state index contributed by atoms with van der Waals surface area (Å²) in [6, 6.07) is 4.13. The van der Waals surface area contributed by atoms with Gasteiger partial charge in [-0.1, -0.05) is 11.2 Å². The molecule has 0 radical (unpaired) electrons. The first kappa shape index (κ1) is 14.0. The van der Waals surface area contributed by atoms with E-state index in [2.05, 4.69) is 10.1 Å². The lowest BCUT2D eigenvalue weighted by atomic mass is 10.1. The van der Waals surface area contributed by atoms with Gasteiger partial charge in [0, 0.05) is 12.5 Å². The molecule has 1 aliphatic heterocycles. The predicted molar refractivity (Wildman–Crippen MR) is 69.9 cm³/mol. The lowest BCUT2D eigenvalue weighted by Crippen LogP contribution is -2.09. The Morgan fingerprint density at radius 3 is 3.14 bits per heavy atom. The Hall–Kier alpha value is -1.99. The van der Waals surface area contributed by atoms with E-state index < -0.39 is 11.6 Å². The van der Waals surface area contributed by atoms with E-state index in [9.17, 15) is 9.50 Å². The summed E-state index contributed by atoms with van der Waals surface area (Å²) in [5.74, 6) is -0.410. The van der Waals surface area contributed by atoms with Crippen molar-refractivity contribution < 1.29 is 23.5 Å². The third kappa shape index (κ3) is 3.20. The number of hydrogen-bond acceptors (Lipinski definition) is 6. The van der Waals surface area contributed by atoms with Gasteiger partial charge in [-0.3, -0.25) is 0 Å². The maximum atomic E-state index is 13.3. The summed E-state index contributed by atoms with van der Waals surface area (Å²) in [6.45, 7) is 2.28. The Labute approximate surface area is 120 Å². The molecule has 0 spiro atoms. The fourth-order valence-corrected chi connectivity index (χ4v) is 2.14. The van der Waals surface area contributed by atoms with Crippen molar-refractivity contribution in [1.82, 2.24) is 10.1 Å². The second-order valence-electron chi connectivity index (χ2n) is 4.90. The van der Waals surface area contributed by atoms with E-state index in [1.54, 1.807) is 0 Å². The molecule has 1 atom stereocenters. The second kappa shape index (κ2) is 6.19. The Bertz CT molecular complexity index is 611. The maximum Gasteiger partial charge on any atom is 0.261 e. The van der Waals surface area contributed by atoms with Crippen LogP contribution in [0.15, 0.2) is 22.7 Å². The second-order valence-corrected chi connectivity index (χ2v) is 4.90. The molecule has 1 aromatic carbocycles. The van der Waals surface area contributed by atoms with Gasteiger partial charge >= 0.3 is 0 Å². The molecule has 3 rings (SSSR count). The number of aromatic hydroxyl groups is 1. The predicted octanol–water partition coefficient (Wildman–Crippen LogP) is 2.13. The van der Waals surface area contributed by atoms with Crippen LogP contribution in [0.25, 0.3) is 11.5 Å². The zero-order valence-electron chi connectivity index (χ0n) is 11.3. The first-order valence-corrected chi connectivity index (χ1v) is 6.70. The van der Waals surface area contributed by atoms with Crippen LogP contribution in [0.2, 0.25) is 0 Å². The molecule has 0 amide bonds. The number of hydrogen-bond donors (Lipinski definition) is 1. The molecule has 0 aliphatic carbocycles. The molecule has 1 aromatic heterocycles. The maximum absolute atomic E-state index is 13.3. The van der Waals surface area contributed by atoms with Gasteiger partial charge in [0.2, 0.25) is 0 Å². The average Bonchev–Trinajstić information content (AvgIpc) is 3.14. The molecular weight excluding hydrogens is 279 g/mol. The number of rotatable bonds is 5. The Kier molecular flexibility index (Phi) is 4.12. The lowest BCUT2D eigenvalue weighted by Gasteiger charge is -2.06.